The minimum absolute atomic E-state index is 0.0919. The highest BCUT2D eigenvalue weighted by molar-refractivity contribution is 9.10. The average molecular weight is 296 g/mol. The molecule has 1 heterocycles. The Morgan fingerprint density at radius 3 is 2.71 bits per heavy atom. The third-order valence-electron chi connectivity index (χ3n) is 4.60. The quantitative estimate of drug-likeness (QED) is 0.855. The molecular formula is C14H18BrNO. The van der Waals surface area contributed by atoms with Crippen LogP contribution in [0.3, 0.4) is 0 Å². The van der Waals surface area contributed by atoms with E-state index in [1.54, 1.807) is 0 Å². The summed E-state index contributed by atoms with van der Waals surface area (Å²) in [6, 6.07) is 6.23. The minimum Gasteiger partial charge on any atom is -0.487 e. The van der Waals surface area contributed by atoms with Crippen LogP contribution in [-0.4, -0.2) is 5.60 Å². The van der Waals surface area contributed by atoms with Crippen molar-refractivity contribution in [1.29, 1.82) is 0 Å². The van der Waals surface area contributed by atoms with Crippen molar-refractivity contribution in [3.05, 3.63) is 28.2 Å². The SMILES string of the molecule is CC1(C2(C)C[C@@H](N)c3ccc(Br)cc3O2)CC1. The Kier molecular flexibility index (Phi) is 2.37. The molecule has 17 heavy (non-hydrogen) atoms. The molecule has 1 saturated carbocycles. The molecular weight excluding hydrogens is 278 g/mol. The summed E-state index contributed by atoms with van der Waals surface area (Å²) in [5.74, 6) is 0.953. The number of halogens is 1. The van der Waals surface area contributed by atoms with Gasteiger partial charge in [0.1, 0.15) is 11.4 Å². The van der Waals surface area contributed by atoms with Crippen molar-refractivity contribution < 1.29 is 4.74 Å². The Balaban J connectivity index is 2.02. The van der Waals surface area contributed by atoms with Gasteiger partial charge in [0.15, 0.2) is 0 Å². The van der Waals surface area contributed by atoms with Gasteiger partial charge >= 0.3 is 0 Å². The molecule has 0 saturated heterocycles. The number of hydrogen-bond donors (Lipinski definition) is 1. The first-order valence-electron chi connectivity index (χ1n) is 6.18. The van der Waals surface area contributed by atoms with Crippen LogP contribution in [0.4, 0.5) is 0 Å². The van der Waals surface area contributed by atoms with Crippen LogP contribution < -0.4 is 10.5 Å². The summed E-state index contributed by atoms with van der Waals surface area (Å²) in [7, 11) is 0. The average Bonchev–Trinajstić information content (AvgIpc) is 2.97. The number of fused-ring (bicyclic) bond motifs is 1. The van der Waals surface area contributed by atoms with E-state index in [4.69, 9.17) is 10.5 Å². The second kappa shape index (κ2) is 3.48. The fourth-order valence-corrected chi connectivity index (χ4v) is 3.14. The molecule has 1 aliphatic carbocycles. The smallest absolute Gasteiger partial charge is 0.126 e. The van der Waals surface area contributed by atoms with E-state index in [2.05, 4.69) is 35.8 Å². The van der Waals surface area contributed by atoms with E-state index in [0.717, 1.165) is 22.2 Å². The van der Waals surface area contributed by atoms with Crippen LogP contribution in [0.2, 0.25) is 0 Å². The second-order valence-electron chi connectivity index (χ2n) is 5.89. The summed E-state index contributed by atoms with van der Waals surface area (Å²) in [5, 5.41) is 0. The lowest BCUT2D eigenvalue weighted by Gasteiger charge is -2.43. The summed E-state index contributed by atoms with van der Waals surface area (Å²) in [6.45, 7) is 4.52. The van der Waals surface area contributed by atoms with Crippen molar-refractivity contribution in [2.75, 3.05) is 0 Å². The minimum atomic E-state index is -0.111. The molecule has 3 heteroatoms. The molecule has 0 amide bonds. The molecule has 2 N–H and O–H groups in total. The molecule has 1 aliphatic heterocycles. The molecule has 0 bridgehead atoms. The Hall–Kier alpha value is -0.540. The zero-order valence-electron chi connectivity index (χ0n) is 10.3. The molecule has 2 aliphatic rings. The van der Waals surface area contributed by atoms with Crippen LogP contribution in [0.25, 0.3) is 0 Å². The lowest BCUT2D eigenvalue weighted by atomic mass is 9.78. The van der Waals surface area contributed by atoms with Gasteiger partial charge in [-0.15, -0.1) is 0 Å². The molecule has 1 unspecified atom stereocenters. The van der Waals surface area contributed by atoms with Gasteiger partial charge in [0.25, 0.3) is 0 Å². The Morgan fingerprint density at radius 2 is 2.06 bits per heavy atom. The Labute approximate surface area is 111 Å². The summed E-state index contributed by atoms with van der Waals surface area (Å²) in [4.78, 5) is 0. The monoisotopic (exact) mass is 295 g/mol. The third kappa shape index (κ3) is 1.71. The lowest BCUT2D eigenvalue weighted by Crippen LogP contribution is -2.46. The van der Waals surface area contributed by atoms with Crippen molar-refractivity contribution in [1.82, 2.24) is 0 Å². The van der Waals surface area contributed by atoms with Gasteiger partial charge in [-0.2, -0.15) is 0 Å². The zero-order valence-corrected chi connectivity index (χ0v) is 11.9. The molecule has 0 spiro atoms. The van der Waals surface area contributed by atoms with Gasteiger partial charge in [-0.05, 0) is 31.9 Å². The largest absolute Gasteiger partial charge is 0.487 e. The number of ether oxygens (including phenoxy) is 1. The third-order valence-corrected chi connectivity index (χ3v) is 5.09. The molecule has 0 aromatic heterocycles. The van der Waals surface area contributed by atoms with Gasteiger partial charge in [0.2, 0.25) is 0 Å². The highest BCUT2D eigenvalue weighted by Crippen LogP contribution is 2.59. The highest BCUT2D eigenvalue weighted by Gasteiger charge is 2.57. The molecule has 1 aromatic rings. The van der Waals surface area contributed by atoms with Crippen molar-refractivity contribution in [3.8, 4) is 5.75 Å². The number of rotatable bonds is 1. The van der Waals surface area contributed by atoms with Crippen LogP contribution in [0, 0.1) is 5.41 Å². The zero-order chi connectivity index (χ0) is 12.3. The maximum Gasteiger partial charge on any atom is 0.126 e. The fraction of sp³-hybridized carbons (Fsp3) is 0.571. The van der Waals surface area contributed by atoms with Gasteiger partial charge in [-0.1, -0.05) is 28.9 Å². The Bertz CT molecular complexity index is 469. The van der Waals surface area contributed by atoms with Gasteiger partial charge in [-0.25, -0.2) is 0 Å². The lowest BCUT2D eigenvalue weighted by molar-refractivity contribution is -0.00898. The first-order chi connectivity index (χ1) is 7.94. The van der Waals surface area contributed by atoms with E-state index >= 15 is 0 Å². The van der Waals surface area contributed by atoms with Crippen LogP contribution in [0.1, 0.15) is 44.7 Å². The molecule has 0 radical (unpaired) electrons. The predicted molar refractivity (Wildman–Crippen MR) is 72.1 cm³/mol. The molecule has 1 aromatic carbocycles. The fourth-order valence-electron chi connectivity index (χ4n) is 2.80. The number of nitrogens with two attached hydrogens (primary N) is 1. The summed E-state index contributed by atoms with van der Waals surface area (Å²) in [5.41, 5.74) is 7.63. The van der Waals surface area contributed by atoms with Crippen LogP contribution >= 0.6 is 15.9 Å². The van der Waals surface area contributed by atoms with Crippen LogP contribution in [0.5, 0.6) is 5.75 Å². The molecule has 2 atom stereocenters. The standard InChI is InChI=1S/C14H18BrNO/c1-13(5-6-13)14(2)8-11(16)10-4-3-9(15)7-12(10)17-14/h3-4,7,11H,5-6,8,16H2,1-2H3/t11-,14?/m1/s1. The summed E-state index contributed by atoms with van der Waals surface area (Å²) < 4.78 is 7.34. The normalized spacial score (nSPS) is 33.8. The van der Waals surface area contributed by atoms with Gasteiger partial charge in [0.05, 0.1) is 0 Å². The van der Waals surface area contributed by atoms with E-state index in [-0.39, 0.29) is 11.6 Å². The summed E-state index contributed by atoms with van der Waals surface area (Å²) >= 11 is 3.49. The van der Waals surface area contributed by atoms with E-state index in [1.165, 1.54) is 12.8 Å². The topological polar surface area (TPSA) is 35.2 Å². The molecule has 2 nitrogen and oxygen atoms in total. The molecule has 1 fully saturated rings. The van der Waals surface area contributed by atoms with E-state index in [1.807, 2.05) is 12.1 Å². The van der Waals surface area contributed by atoms with Gasteiger partial charge < -0.3 is 10.5 Å². The van der Waals surface area contributed by atoms with Gasteiger partial charge in [-0.3, -0.25) is 0 Å². The van der Waals surface area contributed by atoms with E-state index < -0.39 is 0 Å². The first kappa shape index (κ1) is 11.5. The number of benzene rings is 1. The predicted octanol–water partition coefficient (Wildman–Crippen LogP) is 3.79. The first-order valence-corrected chi connectivity index (χ1v) is 6.97. The van der Waals surface area contributed by atoms with Crippen LogP contribution in [0.15, 0.2) is 22.7 Å². The highest BCUT2D eigenvalue weighted by atomic mass is 79.9. The van der Waals surface area contributed by atoms with E-state index in [0.29, 0.717) is 5.41 Å². The maximum absolute atomic E-state index is 6.30. The second-order valence-corrected chi connectivity index (χ2v) is 6.80. The Morgan fingerprint density at radius 1 is 1.35 bits per heavy atom. The van der Waals surface area contributed by atoms with E-state index in [9.17, 15) is 0 Å². The molecule has 92 valence electrons. The maximum atomic E-state index is 6.30. The molecule has 3 rings (SSSR count). The van der Waals surface area contributed by atoms with Crippen molar-refractivity contribution in [2.45, 2.75) is 44.8 Å². The van der Waals surface area contributed by atoms with Crippen molar-refractivity contribution in [2.24, 2.45) is 11.1 Å². The van der Waals surface area contributed by atoms with Crippen LogP contribution in [-0.2, 0) is 0 Å². The van der Waals surface area contributed by atoms with Crippen molar-refractivity contribution in [3.63, 3.8) is 0 Å². The number of hydrogen-bond acceptors (Lipinski definition) is 2. The summed E-state index contributed by atoms with van der Waals surface area (Å²) in [6.07, 6.45) is 3.41. The van der Waals surface area contributed by atoms with Crippen molar-refractivity contribution >= 4 is 15.9 Å². The van der Waals surface area contributed by atoms with Gasteiger partial charge in [0, 0.05) is 27.9 Å².